The van der Waals surface area contributed by atoms with E-state index in [1.54, 1.807) is 24.2 Å². The second kappa shape index (κ2) is 11.7. The molecule has 10 heteroatoms. The molecule has 0 atom stereocenters. The zero-order valence-corrected chi connectivity index (χ0v) is 24.9. The van der Waals surface area contributed by atoms with Gasteiger partial charge >= 0.3 is 0 Å². The molecular weight excluding hydrogens is 561 g/mol. The lowest BCUT2D eigenvalue weighted by molar-refractivity contribution is 0.0964. The number of aliphatic hydroxyl groups excluding tert-OH is 1. The summed E-state index contributed by atoms with van der Waals surface area (Å²) in [5, 5.41) is 10.6. The summed E-state index contributed by atoms with van der Waals surface area (Å²) in [7, 11) is 1.66. The minimum absolute atomic E-state index is 0.175. The van der Waals surface area contributed by atoms with Gasteiger partial charge in [-0.1, -0.05) is 0 Å². The van der Waals surface area contributed by atoms with E-state index in [1.165, 1.54) is 28.0 Å². The predicted molar refractivity (Wildman–Crippen MR) is 166 cm³/mol. The Bertz CT molecular complexity index is 1790. The number of rotatable bonds is 6. The van der Waals surface area contributed by atoms with Crippen molar-refractivity contribution in [1.29, 1.82) is 0 Å². The van der Waals surface area contributed by atoms with Crippen molar-refractivity contribution < 1.29 is 19.0 Å². The fourth-order valence-electron chi connectivity index (χ4n) is 6.93. The molecule has 0 spiro atoms. The minimum atomic E-state index is -0.518. The van der Waals surface area contributed by atoms with Gasteiger partial charge < -0.3 is 28.8 Å². The molecule has 1 fully saturated rings. The molecule has 1 saturated heterocycles. The van der Waals surface area contributed by atoms with Crippen molar-refractivity contribution in [2.45, 2.75) is 45.3 Å². The maximum Gasteiger partial charge on any atom is 0.274 e. The molecule has 228 valence electrons. The molecule has 5 heterocycles. The molecule has 4 aromatic rings. The van der Waals surface area contributed by atoms with Crippen molar-refractivity contribution in [3.05, 3.63) is 98.7 Å². The lowest BCUT2D eigenvalue weighted by Crippen LogP contribution is -2.41. The van der Waals surface area contributed by atoms with Crippen LogP contribution in [0.4, 0.5) is 15.8 Å². The average molecular weight is 598 g/mol. The van der Waals surface area contributed by atoms with Gasteiger partial charge in [-0.15, -0.1) is 0 Å². The van der Waals surface area contributed by atoms with Gasteiger partial charge in [-0.3, -0.25) is 14.6 Å². The first kappa shape index (κ1) is 28.5. The van der Waals surface area contributed by atoms with Crippen LogP contribution in [0.5, 0.6) is 0 Å². The topological polar surface area (TPSA) is 92.8 Å². The summed E-state index contributed by atoms with van der Waals surface area (Å²) >= 11 is 0. The lowest BCUT2D eigenvalue weighted by atomic mass is 9.96. The molecule has 0 bridgehead atoms. The van der Waals surface area contributed by atoms with Crippen LogP contribution in [-0.4, -0.2) is 58.0 Å². The highest BCUT2D eigenvalue weighted by atomic mass is 19.1. The van der Waals surface area contributed by atoms with Crippen molar-refractivity contribution in [2.75, 3.05) is 42.6 Å². The molecule has 0 unspecified atom stereocenters. The number of carbonyl (C=O) groups excluding carboxylic acids is 1. The van der Waals surface area contributed by atoms with E-state index in [-0.39, 0.29) is 11.5 Å². The zero-order valence-electron chi connectivity index (χ0n) is 24.9. The maximum atomic E-state index is 15.3. The number of hydrogen-bond donors (Lipinski definition) is 1. The second-order valence-corrected chi connectivity index (χ2v) is 11.9. The number of carbonyl (C=O) groups is 1. The van der Waals surface area contributed by atoms with E-state index in [9.17, 15) is 14.7 Å². The molecule has 7 rings (SSSR count). The largest absolute Gasteiger partial charge is 0.392 e. The van der Waals surface area contributed by atoms with Crippen LogP contribution < -0.4 is 15.4 Å². The number of amides is 1. The fourth-order valence-corrected chi connectivity index (χ4v) is 6.93. The standard InChI is InChI=1S/C34H36FN5O4/c1-37-20-24(14-23(33(37)42)15-26-6-7-27(19-36-26)38-10-12-44-13-11-38)28-17-25(35)18-31(29(28)21-41)40-9-8-39-30-5-3-2-4-22(30)16-32(39)34(40)43/h6-7,14,16-20,41H,2-5,8-13,15,21H2,1H3. The molecule has 0 radical (unpaired) electrons. The lowest BCUT2D eigenvalue weighted by Gasteiger charge is -2.31. The smallest absolute Gasteiger partial charge is 0.274 e. The van der Waals surface area contributed by atoms with Crippen LogP contribution in [0.25, 0.3) is 11.1 Å². The second-order valence-electron chi connectivity index (χ2n) is 11.9. The number of pyridine rings is 2. The van der Waals surface area contributed by atoms with Crippen LogP contribution in [0.15, 0.2) is 53.6 Å². The number of morpholine rings is 1. The Morgan fingerprint density at radius 3 is 2.59 bits per heavy atom. The zero-order chi connectivity index (χ0) is 30.4. The molecule has 1 aliphatic carbocycles. The predicted octanol–water partition coefficient (Wildman–Crippen LogP) is 3.85. The van der Waals surface area contributed by atoms with Crippen LogP contribution in [0.3, 0.4) is 0 Å². The quantitative estimate of drug-likeness (QED) is 0.363. The molecule has 1 N–H and O–H groups in total. The van der Waals surface area contributed by atoms with Crippen molar-refractivity contribution in [1.82, 2.24) is 14.1 Å². The molecule has 9 nitrogen and oxygen atoms in total. The normalized spacial score (nSPS) is 16.7. The maximum absolute atomic E-state index is 15.3. The number of aromatic nitrogens is 3. The van der Waals surface area contributed by atoms with E-state index in [0.29, 0.717) is 66.4 Å². The van der Waals surface area contributed by atoms with E-state index in [1.807, 2.05) is 24.4 Å². The third-order valence-corrected chi connectivity index (χ3v) is 9.18. The van der Waals surface area contributed by atoms with Crippen LogP contribution in [0.2, 0.25) is 0 Å². The summed E-state index contributed by atoms with van der Waals surface area (Å²) in [6.07, 6.45) is 7.94. The van der Waals surface area contributed by atoms with Gasteiger partial charge in [0.1, 0.15) is 11.5 Å². The molecule has 3 aromatic heterocycles. The van der Waals surface area contributed by atoms with Gasteiger partial charge in [-0.2, -0.15) is 0 Å². The Morgan fingerprint density at radius 2 is 1.82 bits per heavy atom. The van der Waals surface area contributed by atoms with Crippen LogP contribution in [-0.2, 0) is 44.2 Å². The van der Waals surface area contributed by atoms with Crippen molar-refractivity contribution in [3.8, 4) is 11.1 Å². The van der Waals surface area contributed by atoms with Crippen molar-refractivity contribution >= 4 is 17.3 Å². The summed E-state index contributed by atoms with van der Waals surface area (Å²) < 4.78 is 24.3. The number of ether oxygens (including phenoxy) is 1. The Kier molecular flexibility index (Phi) is 7.55. The Morgan fingerprint density at radius 1 is 1.00 bits per heavy atom. The van der Waals surface area contributed by atoms with Crippen molar-refractivity contribution in [2.24, 2.45) is 7.05 Å². The van der Waals surface area contributed by atoms with E-state index < -0.39 is 12.4 Å². The van der Waals surface area contributed by atoms with Crippen LogP contribution in [0.1, 0.15) is 51.4 Å². The summed E-state index contributed by atoms with van der Waals surface area (Å²) in [5.41, 5.74) is 7.00. The number of halogens is 1. The number of hydrogen-bond acceptors (Lipinski definition) is 6. The van der Waals surface area contributed by atoms with Gasteiger partial charge in [0.15, 0.2) is 0 Å². The van der Waals surface area contributed by atoms with Gasteiger partial charge in [0.2, 0.25) is 0 Å². The number of aliphatic hydroxyl groups is 1. The SMILES string of the molecule is Cn1cc(-c2cc(F)cc(N3CCn4c(cc5c4CCCC5)C3=O)c2CO)cc(Cc2ccc(N3CCOCC3)cn2)c1=O. The number of nitrogens with zero attached hydrogens (tertiary/aromatic N) is 5. The van der Waals surface area contributed by atoms with Gasteiger partial charge in [-0.05, 0) is 78.8 Å². The number of fused-ring (bicyclic) bond motifs is 3. The Balaban J connectivity index is 1.22. The highest BCUT2D eigenvalue weighted by Crippen LogP contribution is 2.36. The van der Waals surface area contributed by atoms with E-state index in [0.717, 1.165) is 50.2 Å². The third-order valence-electron chi connectivity index (χ3n) is 9.18. The number of anilines is 2. The van der Waals surface area contributed by atoms with Crippen LogP contribution in [0, 0.1) is 5.82 Å². The summed E-state index contributed by atoms with van der Waals surface area (Å²) in [6, 6.07) is 10.4. The Hall–Kier alpha value is -4.28. The van der Waals surface area contributed by atoms with E-state index in [4.69, 9.17) is 4.74 Å². The van der Waals surface area contributed by atoms with Crippen LogP contribution >= 0.6 is 0 Å². The molecular formula is C34H36FN5O4. The number of benzene rings is 1. The first-order valence-corrected chi connectivity index (χ1v) is 15.3. The van der Waals surface area contributed by atoms with Gasteiger partial charge in [0.25, 0.3) is 11.5 Å². The molecule has 3 aliphatic rings. The van der Waals surface area contributed by atoms with Gasteiger partial charge in [0.05, 0.1) is 37.4 Å². The summed E-state index contributed by atoms with van der Waals surface area (Å²) in [5.74, 6) is -0.708. The molecule has 1 amide bonds. The first-order chi connectivity index (χ1) is 21.4. The minimum Gasteiger partial charge on any atom is -0.392 e. The summed E-state index contributed by atoms with van der Waals surface area (Å²) in [6.45, 7) is 3.60. The Labute approximate surface area is 255 Å². The van der Waals surface area contributed by atoms with E-state index >= 15 is 4.39 Å². The number of aryl methyl sites for hydroxylation is 2. The molecule has 44 heavy (non-hydrogen) atoms. The first-order valence-electron chi connectivity index (χ1n) is 15.3. The molecule has 2 aliphatic heterocycles. The van der Waals surface area contributed by atoms with Crippen molar-refractivity contribution in [3.63, 3.8) is 0 Å². The average Bonchev–Trinajstić information content (AvgIpc) is 3.43. The third kappa shape index (κ3) is 5.11. The van der Waals surface area contributed by atoms with Gasteiger partial charge in [-0.25, -0.2) is 4.39 Å². The monoisotopic (exact) mass is 597 g/mol. The summed E-state index contributed by atoms with van der Waals surface area (Å²) in [4.78, 5) is 35.4. The highest BCUT2D eigenvalue weighted by Gasteiger charge is 2.32. The highest BCUT2D eigenvalue weighted by molar-refractivity contribution is 6.07. The molecule has 1 aromatic carbocycles. The fraction of sp³-hybridized carbons (Fsp3) is 0.382. The molecule has 0 saturated carbocycles. The van der Waals surface area contributed by atoms with E-state index in [2.05, 4.69) is 14.5 Å². The van der Waals surface area contributed by atoms with Gasteiger partial charge in [0, 0.05) is 68.4 Å².